The molecule has 1 atom stereocenters. The third kappa shape index (κ3) is 3.52. The summed E-state index contributed by atoms with van der Waals surface area (Å²) in [7, 11) is 0. The Morgan fingerprint density at radius 1 is 1.32 bits per heavy atom. The molecule has 0 radical (unpaired) electrons. The molecule has 0 saturated carbocycles. The number of rotatable bonds is 3. The van der Waals surface area contributed by atoms with E-state index in [0.29, 0.717) is 11.5 Å². The third-order valence-electron chi connectivity index (χ3n) is 3.74. The smallest absolute Gasteiger partial charge is 0.256 e. The van der Waals surface area contributed by atoms with Crippen molar-refractivity contribution in [2.45, 2.75) is 23.3 Å². The zero-order chi connectivity index (χ0) is 15.5. The van der Waals surface area contributed by atoms with Crippen LogP contribution in [0.3, 0.4) is 0 Å². The van der Waals surface area contributed by atoms with Gasteiger partial charge < -0.3 is 4.90 Å². The summed E-state index contributed by atoms with van der Waals surface area (Å²) in [5.41, 5.74) is 0.699. The molecule has 1 aliphatic heterocycles. The van der Waals surface area contributed by atoms with Gasteiger partial charge in [-0.1, -0.05) is 34.6 Å². The first-order valence-corrected chi connectivity index (χ1v) is 8.92. The molecule has 0 bridgehead atoms. The lowest BCUT2D eigenvalue weighted by atomic mass is 10.2. The summed E-state index contributed by atoms with van der Waals surface area (Å²) in [4.78, 5) is 20.1. The third-order valence-corrected chi connectivity index (χ3v) is 5.30. The Hall–Kier alpha value is -1.33. The van der Waals surface area contributed by atoms with E-state index in [2.05, 4.69) is 27.8 Å². The normalized spacial score (nSPS) is 17.7. The lowest BCUT2D eigenvalue weighted by Crippen LogP contribution is -2.29. The van der Waals surface area contributed by atoms with E-state index in [1.165, 1.54) is 11.8 Å². The van der Waals surface area contributed by atoms with Crippen LogP contribution in [0, 0.1) is 5.92 Å². The molecule has 3 nitrogen and oxygen atoms in total. The van der Waals surface area contributed by atoms with Crippen molar-refractivity contribution in [3.8, 4) is 0 Å². The van der Waals surface area contributed by atoms with Crippen molar-refractivity contribution in [2.24, 2.45) is 5.92 Å². The van der Waals surface area contributed by atoms with Crippen LogP contribution in [0.2, 0.25) is 0 Å². The summed E-state index contributed by atoms with van der Waals surface area (Å²) in [6, 6.07) is 11.7. The number of nitrogens with zero attached hydrogens (tertiary/aromatic N) is 2. The van der Waals surface area contributed by atoms with Gasteiger partial charge in [0.15, 0.2) is 0 Å². The van der Waals surface area contributed by atoms with Crippen molar-refractivity contribution in [3.05, 3.63) is 52.6 Å². The number of aromatic nitrogens is 1. The van der Waals surface area contributed by atoms with E-state index in [4.69, 9.17) is 0 Å². The zero-order valence-electron chi connectivity index (χ0n) is 12.3. The summed E-state index contributed by atoms with van der Waals surface area (Å²) in [6.45, 7) is 3.88. The number of hydrogen-bond acceptors (Lipinski definition) is 3. The van der Waals surface area contributed by atoms with E-state index in [1.807, 2.05) is 41.3 Å². The van der Waals surface area contributed by atoms with Crippen molar-refractivity contribution in [1.82, 2.24) is 9.88 Å². The van der Waals surface area contributed by atoms with Gasteiger partial charge in [0, 0.05) is 28.7 Å². The SMILES string of the molecule is CC1CCN(C(=O)c2cccnc2Sc2ccc(Br)cc2)C1. The fourth-order valence-electron chi connectivity index (χ4n) is 2.54. The number of carbonyl (C=O) groups excluding carboxylic acids is 1. The maximum atomic E-state index is 12.7. The Morgan fingerprint density at radius 2 is 2.09 bits per heavy atom. The van der Waals surface area contributed by atoms with Crippen LogP contribution in [0.1, 0.15) is 23.7 Å². The molecule has 0 spiro atoms. The predicted molar refractivity (Wildman–Crippen MR) is 92.2 cm³/mol. The maximum Gasteiger partial charge on any atom is 0.256 e. The van der Waals surface area contributed by atoms with Gasteiger partial charge in [-0.2, -0.15) is 0 Å². The van der Waals surface area contributed by atoms with Crippen LogP contribution >= 0.6 is 27.7 Å². The van der Waals surface area contributed by atoms with Crippen molar-refractivity contribution >= 4 is 33.6 Å². The molecular formula is C17H17BrN2OS. The van der Waals surface area contributed by atoms with Gasteiger partial charge in [-0.15, -0.1) is 0 Å². The number of carbonyl (C=O) groups is 1. The Balaban J connectivity index is 1.83. The average molecular weight is 377 g/mol. The summed E-state index contributed by atoms with van der Waals surface area (Å²) in [5.74, 6) is 0.681. The quantitative estimate of drug-likeness (QED) is 0.791. The molecule has 0 N–H and O–H groups in total. The molecule has 2 aromatic rings. The Labute approximate surface area is 143 Å². The van der Waals surface area contributed by atoms with Crippen molar-refractivity contribution in [3.63, 3.8) is 0 Å². The molecule has 1 unspecified atom stereocenters. The van der Waals surface area contributed by atoms with Gasteiger partial charge in [-0.25, -0.2) is 4.98 Å². The van der Waals surface area contributed by atoms with E-state index in [1.54, 1.807) is 6.20 Å². The highest BCUT2D eigenvalue weighted by atomic mass is 79.9. The van der Waals surface area contributed by atoms with Gasteiger partial charge in [0.25, 0.3) is 5.91 Å². The van der Waals surface area contributed by atoms with Crippen LogP contribution in [0.4, 0.5) is 0 Å². The van der Waals surface area contributed by atoms with E-state index < -0.39 is 0 Å². The Morgan fingerprint density at radius 3 is 2.77 bits per heavy atom. The molecule has 1 fully saturated rings. The van der Waals surface area contributed by atoms with Crippen molar-refractivity contribution in [1.29, 1.82) is 0 Å². The van der Waals surface area contributed by atoms with Crippen molar-refractivity contribution < 1.29 is 4.79 Å². The fourth-order valence-corrected chi connectivity index (χ4v) is 3.68. The highest BCUT2D eigenvalue weighted by molar-refractivity contribution is 9.10. The molecule has 1 saturated heterocycles. The number of pyridine rings is 1. The summed E-state index contributed by atoms with van der Waals surface area (Å²) < 4.78 is 1.04. The lowest BCUT2D eigenvalue weighted by molar-refractivity contribution is 0.0784. The molecule has 114 valence electrons. The Bertz CT molecular complexity index is 675. The number of benzene rings is 1. The molecule has 1 aromatic heterocycles. The van der Waals surface area contributed by atoms with Gasteiger partial charge in [0.2, 0.25) is 0 Å². The topological polar surface area (TPSA) is 33.2 Å². The molecule has 3 rings (SSSR count). The van der Waals surface area contributed by atoms with Gasteiger partial charge >= 0.3 is 0 Å². The molecule has 0 aliphatic carbocycles. The van der Waals surface area contributed by atoms with Crippen LogP contribution in [0.5, 0.6) is 0 Å². The second kappa shape index (κ2) is 6.84. The van der Waals surface area contributed by atoms with E-state index >= 15 is 0 Å². The van der Waals surface area contributed by atoms with Gasteiger partial charge in [0.05, 0.1) is 5.56 Å². The van der Waals surface area contributed by atoms with Crippen LogP contribution in [-0.4, -0.2) is 28.9 Å². The maximum absolute atomic E-state index is 12.7. The van der Waals surface area contributed by atoms with Crippen LogP contribution in [-0.2, 0) is 0 Å². The number of amides is 1. The first-order valence-electron chi connectivity index (χ1n) is 7.31. The second-order valence-corrected chi connectivity index (χ2v) is 7.54. The minimum Gasteiger partial charge on any atom is -0.338 e. The highest BCUT2D eigenvalue weighted by Gasteiger charge is 2.26. The highest BCUT2D eigenvalue weighted by Crippen LogP contribution is 2.31. The summed E-state index contributed by atoms with van der Waals surface area (Å²) in [6.07, 6.45) is 2.83. The zero-order valence-corrected chi connectivity index (χ0v) is 14.7. The monoisotopic (exact) mass is 376 g/mol. The number of halogens is 1. The van der Waals surface area contributed by atoms with E-state index in [0.717, 1.165) is 33.9 Å². The first-order chi connectivity index (χ1) is 10.6. The minimum atomic E-state index is 0.0945. The van der Waals surface area contributed by atoms with Crippen LogP contribution in [0.15, 0.2) is 57.0 Å². The Kier molecular flexibility index (Phi) is 4.84. The first kappa shape index (κ1) is 15.6. The lowest BCUT2D eigenvalue weighted by Gasteiger charge is -2.17. The van der Waals surface area contributed by atoms with E-state index in [9.17, 15) is 4.79 Å². The minimum absolute atomic E-state index is 0.0945. The van der Waals surface area contributed by atoms with Crippen molar-refractivity contribution in [2.75, 3.05) is 13.1 Å². The fraction of sp³-hybridized carbons (Fsp3) is 0.294. The second-order valence-electron chi connectivity index (χ2n) is 5.56. The summed E-state index contributed by atoms with van der Waals surface area (Å²) in [5, 5.41) is 0.773. The number of likely N-dealkylation sites (tertiary alicyclic amines) is 1. The largest absolute Gasteiger partial charge is 0.338 e. The van der Waals surface area contributed by atoms with Gasteiger partial charge in [0.1, 0.15) is 5.03 Å². The van der Waals surface area contributed by atoms with Gasteiger partial charge in [-0.05, 0) is 48.7 Å². The van der Waals surface area contributed by atoms with Crippen LogP contribution < -0.4 is 0 Å². The molecule has 1 aromatic carbocycles. The van der Waals surface area contributed by atoms with Gasteiger partial charge in [-0.3, -0.25) is 4.79 Å². The standard InChI is InChI=1S/C17H17BrN2OS/c1-12-8-10-20(11-12)17(21)15-3-2-9-19-16(15)22-14-6-4-13(18)5-7-14/h2-7,9,12H,8,10-11H2,1H3. The molecule has 5 heteroatoms. The molecular weight excluding hydrogens is 360 g/mol. The average Bonchev–Trinajstić information content (AvgIpc) is 2.96. The molecule has 22 heavy (non-hydrogen) atoms. The summed E-state index contributed by atoms with van der Waals surface area (Å²) >= 11 is 4.96. The van der Waals surface area contributed by atoms with Crippen LogP contribution in [0.25, 0.3) is 0 Å². The predicted octanol–water partition coefficient (Wildman–Crippen LogP) is 4.48. The molecule has 2 heterocycles. The van der Waals surface area contributed by atoms with E-state index in [-0.39, 0.29) is 5.91 Å². The number of hydrogen-bond donors (Lipinski definition) is 0. The molecule has 1 aliphatic rings. The molecule has 1 amide bonds.